The van der Waals surface area contributed by atoms with Crippen molar-refractivity contribution in [3.8, 4) is 0 Å². The Morgan fingerprint density at radius 3 is 2.71 bits per heavy atom. The molecule has 0 radical (unpaired) electrons. The van der Waals surface area contributed by atoms with Crippen LogP contribution in [0.2, 0.25) is 0 Å². The number of piperidine rings is 1. The second-order valence-electron chi connectivity index (χ2n) is 5.78. The van der Waals surface area contributed by atoms with Crippen molar-refractivity contribution in [1.82, 2.24) is 25.0 Å². The lowest BCUT2D eigenvalue weighted by atomic mass is 10.0. The fourth-order valence-electron chi connectivity index (χ4n) is 3.34. The van der Waals surface area contributed by atoms with Gasteiger partial charge in [-0.05, 0) is 25.0 Å². The number of aromatic amines is 1. The molecule has 0 spiro atoms. The topological polar surface area (TPSA) is 102 Å². The van der Waals surface area contributed by atoms with Gasteiger partial charge in [-0.3, -0.25) is 14.7 Å². The molecule has 3 aliphatic rings. The Kier molecular flexibility index (Phi) is 4.70. The first-order valence-electron chi connectivity index (χ1n) is 7.76. The summed E-state index contributed by atoms with van der Waals surface area (Å²) in [5.74, 6) is -0.645. The molecule has 2 aromatic heterocycles. The average Bonchev–Trinajstić information content (AvgIpc) is 2.76. The van der Waals surface area contributed by atoms with Crippen LogP contribution in [0.1, 0.15) is 23.3 Å². The first-order chi connectivity index (χ1) is 11.6. The number of carboxylic acid groups (broad SMARTS) is 1. The van der Waals surface area contributed by atoms with Crippen molar-refractivity contribution < 1.29 is 19.1 Å². The SMILES string of the molecule is O=C(c1[nH]nc2nc(F)ccc12)N1CCN2CCC1CC2.O=CO. The van der Waals surface area contributed by atoms with E-state index in [2.05, 4.69) is 20.1 Å². The third-order valence-corrected chi connectivity index (χ3v) is 4.51. The maximum atomic E-state index is 13.1. The molecule has 5 rings (SSSR count). The highest BCUT2D eigenvalue weighted by molar-refractivity contribution is 6.03. The Hall–Kier alpha value is -2.55. The van der Waals surface area contributed by atoms with E-state index in [9.17, 15) is 9.18 Å². The number of rotatable bonds is 1. The van der Waals surface area contributed by atoms with E-state index in [1.54, 1.807) is 6.07 Å². The van der Waals surface area contributed by atoms with E-state index in [0.29, 0.717) is 17.1 Å². The second kappa shape index (κ2) is 6.91. The molecule has 2 bridgehead atoms. The van der Waals surface area contributed by atoms with Crippen molar-refractivity contribution in [2.24, 2.45) is 0 Å². The van der Waals surface area contributed by atoms with Gasteiger partial charge >= 0.3 is 0 Å². The number of nitrogens with one attached hydrogen (secondary N) is 1. The van der Waals surface area contributed by atoms with E-state index in [0.717, 1.165) is 39.0 Å². The van der Waals surface area contributed by atoms with Crippen LogP contribution in [0.15, 0.2) is 12.1 Å². The molecule has 0 aromatic carbocycles. The molecule has 8 nitrogen and oxygen atoms in total. The Balaban J connectivity index is 0.000000526. The minimum atomic E-state index is -0.589. The highest BCUT2D eigenvalue weighted by Crippen LogP contribution is 2.24. The largest absolute Gasteiger partial charge is 0.483 e. The van der Waals surface area contributed by atoms with Crippen molar-refractivity contribution in [3.05, 3.63) is 23.8 Å². The van der Waals surface area contributed by atoms with Crippen LogP contribution in [0.25, 0.3) is 11.0 Å². The van der Waals surface area contributed by atoms with Crippen LogP contribution in [0.5, 0.6) is 0 Å². The molecule has 0 saturated carbocycles. The third kappa shape index (κ3) is 3.07. The summed E-state index contributed by atoms with van der Waals surface area (Å²) >= 11 is 0. The fraction of sp³-hybridized carbons (Fsp3) is 0.467. The second-order valence-corrected chi connectivity index (χ2v) is 5.78. The predicted molar refractivity (Wildman–Crippen MR) is 83.0 cm³/mol. The Morgan fingerprint density at radius 2 is 2.00 bits per heavy atom. The minimum absolute atomic E-state index is 0.0559. The molecule has 5 heterocycles. The molecule has 128 valence electrons. The Bertz CT molecular complexity index is 742. The smallest absolute Gasteiger partial charge is 0.290 e. The molecule has 3 fully saturated rings. The summed E-state index contributed by atoms with van der Waals surface area (Å²) in [6.07, 6.45) is 2.04. The maximum Gasteiger partial charge on any atom is 0.290 e. The van der Waals surface area contributed by atoms with Gasteiger partial charge in [0.15, 0.2) is 5.65 Å². The number of pyridine rings is 1. The van der Waals surface area contributed by atoms with E-state index in [1.165, 1.54) is 6.07 Å². The number of hydrogen-bond donors (Lipinski definition) is 2. The monoisotopic (exact) mass is 335 g/mol. The van der Waals surface area contributed by atoms with E-state index >= 15 is 0 Å². The number of nitrogens with zero attached hydrogens (tertiary/aromatic N) is 4. The van der Waals surface area contributed by atoms with Crippen LogP contribution in [0, 0.1) is 5.95 Å². The molecule has 3 aliphatic heterocycles. The molecule has 3 saturated heterocycles. The number of carbonyl (C=O) groups excluding carboxylic acids is 1. The van der Waals surface area contributed by atoms with Crippen molar-refractivity contribution in [2.45, 2.75) is 18.9 Å². The van der Waals surface area contributed by atoms with Gasteiger partial charge in [-0.2, -0.15) is 14.5 Å². The summed E-state index contributed by atoms with van der Waals surface area (Å²) in [5.41, 5.74) is 0.666. The highest BCUT2D eigenvalue weighted by atomic mass is 19.1. The maximum absolute atomic E-state index is 13.1. The molecular weight excluding hydrogens is 317 g/mol. The minimum Gasteiger partial charge on any atom is -0.483 e. The molecule has 24 heavy (non-hydrogen) atoms. The number of H-pyrrole nitrogens is 1. The van der Waals surface area contributed by atoms with Gasteiger partial charge in [-0.1, -0.05) is 0 Å². The van der Waals surface area contributed by atoms with Gasteiger partial charge < -0.3 is 14.9 Å². The molecule has 2 N–H and O–H groups in total. The van der Waals surface area contributed by atoms with Crippen molar-refractivity contribution >= 4 is 23.4 Å². The van der Waals surface area contributed by atoms with Crippen LogP contribution >= 0.6 is 0 Å². The summed E-state index contributed by atoms with van der Waals surface area (Å²) in [7, 11) is 0. The van der Waals surface area contributed by atoms with E-state index in [4.69, 9.17) is 9.90 Å². The molecule has 0 unspecified atom stereocenters. The van der Waals surface area contributed by atoms with Gasteiger partial charge in [-0.25, -0.2) is 0 Å². The van der Waals surface area contributed by atoms with Crippen LogP contribution in [0.4, 0.5) is 4.39 Å². The van der Waals surface area contributed by atoms with Gasteiger partial charge in [0.05, 0.1) is 5.39 Å². The first-order valence-corrected chi connectivity index (χ1v) is 7.76. The fourth-order valence-corrected chi connectivity index (χ4v) is 3.34. The molecule has 1 amide bonds. The van der Waals surface area contributed by atoms with Crippen LogP contribution in [-0.4, -0.2) is 74.7 Å². The normalized spacial score (nSPS) is 22.6. The number of hydrogen-bond acceptors (Lipinski definition) is 5. The molecular formula is C15H18FN5O3. The van der Waals surface area contributed by atoms with E-state index in [1.807, 2.05) is 4.90 Å². The number of halogens is 1. The van der Waals surface area contributed by atoms with Crippen LogP contribution in [0.3, 0.4) is 0 Å². The van der Waals surface area contributed by atoms with Crippen molar-refractivity contribution in [2.75, 3.05) is 26.2 Å². The molecule has 0 atom stereocenters. The lowest BCUT2D eigenvalue weighted by Crippen LogP contribution is -2.41. The predicted octanol–water partition coefficient (Wildman–Crippen LogP) is 0.718. The summed E-state index contributed by atoms with van der Waals surface area (Å²) in [6, 6.07) is 3.12. The van der Waals surface area contributed by atoms with Crippen molar-refractivity contribution in [3.63, 3.8) is 0 Å². The van der Waals surface area contributed by atoms with Gasteiger partial charge in [0, 0.05) is 32.2 Å². The lowest BCUT2D eigenvalue weighted by Gasteiger charge is -2.31. The van der Waals surface area contributed by atoms with Gasteiger partial charge in [0.1, 0.15) is 5.69 Å². The first kappa shape index (κ1) is 16.3. The van der Waals surface area contributed by atoms with Crippen LogP contribution < -0.4 is 0 Å². The van der Waals surface area contributed by atoms with Crippen molar-refractivity contribution in [1.29, 1.82) is 0 Å². The summed E-state index contributed by atoms with van der Waals surface area (Å²) in [5, 5.41) is 14.2. The van der Waals surface area contributed by atoms with E-state index in [-0.39, 0.29) is 18.0 Å². The van der Waals surface area contributed by atoms with Gasteiger partial charge in [-0.15, -0.1) is 0 Å². The number of aromatic nitrogens is 3. The third-order valence-electron chi connectivity index (χ3n) is 4.51. The quantitative estimate of drug-likeness (QED) is 0.588. The standard InChI is InChI=1S/C14H16FN5O.CH2O2/c15-11-2-1-10-12(17-18-13(10)16-11)14(21)20-8-7-19-5-3-9(20)4-6-19;2-1-3/h1-2,9H,3-8H2,(H,16,17,18);1H,(H,2,3). The molecule has 9 heteroatoms. The zero-order chi connectivity index (χ0) is 17.1. The van der Waals surface area contributed by atoms with Gasteiger partial charge in [0.2, 0.25) is 5.95 Å². The zero-order valence-electron chi connectivity index (χ0n) is 13.0. The Morgan fingerprint density at radius 1 is 1.29 bits per heavy atom. The van der Waals surface area contributed by atoms with E-state index < -0.39 is 5.95 Å². The number of fused-ring (bicyclic) bond motifs is 5. The number of amides is 1. The lowest BCUT2D eigenvalue weighted by molar-refractivity contribution is -0.122. The molecule has 2 aromatic rings. The average molecular weight is 335 g/mol. The van der Waals surface area contributed by atoms with Crippen LogP contribution in [-0.2, 0) is 4.79 Å². The summed E-state index contributed by atoms with van der Waals surface area (Å²) in [6.45, 7) is 3.52. The summed E-state index contributed by atoms with van der Waals surface area (Å²) in [4.78, 5) is 29.2. The zero-order valence-corrected chi connectivity index (χ0v) is 13.0. The van der Waals surface area contributed by atoms with Gasteiger partial charge in [0.25, 0.3) is 12.4 Å². The number of carbonyl (C=O) groups is 2. The Labute approximate surface area is 137 Å². The molecule has 0 aliphatic carbocycles. The highest BCUT2D eigenvalue weighted by Gasteiger charge is 2.33. The summed E-state index contributed by atoms with van der Waals surface area (Å²) < 4.78 is 13.1.